The standard InChI is InChI=1S/C12H9I3N/c13-10(12(14)15)8-16-7-3-5-9-4-1-2-6-11(9)16/h1-7H,8H2/q+1. The van der Waals surface area contributed by atoms with E-state index in [2.05, 4.69) is 115 Å². The molecule has 1 nitrogen and oxygen atoms in total. The largest absolute Gasteiger partial charge is 0.212 e. The van der Waals surface area contributed by atoms with Crippen molar-refractivity contribution in [3.05, 3.63) is 47.8 Å². The molecular weight excluding hydrogens is 539 g/mol. The molecule has 16 heavy (non-hydrogen) atoms. The Morgan fingerprint density at radius 2 is 1.69 bits per heavy atom. The van der Waals surface area contributed by atoms with Crippen LogP contribution in [0.4, 0.5) is 0 Å². The number of para-hydroxylation sites is 1. The van der Waals surface area contributed by atoms with Crippen molar-refractivity contribution in [3.63, 3.8) is 0 Å². The van der Waals surface area contributed by atoms with Gasteiger partial charge < -0.3 is 0 Å². The number of fused-ring (bicyclic) bond motifs is 1. The molecule has 0 aliphatic rings. The van der Waals surface area contributed by atoms with E-state index < -0.39 is 0 Å². The molecule has 0 N–H and O–H groups in total. The SMILES string of the molecule is IC(I)=C(I)C[n+]1cccc2ccccc21. The molecule has 82 valence electrons. The summed E-state index contributed by atoms with van der Waals surface area (Å²) < 4.78 is 4.99. The monoisotopic (exact) mass is 548 g/mol. The van der Waals surface area contributed by atoms with E-state index in [1.54, 1.807) is 0 Å². The lowest BCUT2D eigenvalue weighted by Crippen LogP contribution is -2.34. The molecule has 0 aliphatic carbocycles. The van der Waals surface area contributed by atoms with E-state index in [1.807, 2.05) is 0 Å². The van der Waals surface area contributed by atoms with Gasteiger partial charge in [0.15, 0.2) is 12.7 Å². The van der Waals surface area contributed by atoms with Gasteiger partial charge >= 0.3 is 0 Å². The highest BCUT2D eigenvalue weighted by Crippen LogP contribution is 2.25. The minimum Gasteiger partial charge on any atom is -0.193 e. The van der Waals surface area contributed by atoms with Crippen LogP contribution in [0.3, 0.4) is 0 Å². The number of rotatable bonds is 2. The molecule has 0 aliphatic heterocycles. The highest BCUT2D eigenvalue weighted by atomic mass is 127. The van der Waals surface area contributed by atoms with Crippen molar-refractivity contribution in [1.29, 1.82) is 0 Å². The van der Waals surface area contributed by atoms with Gasteiger partial charge in [-0.2, -0.15) is 4.57 Å². The molecule has 0 radical (unpaired) electrons. The number of hydrogen-bond donors (Lipinski definition) is 0. The Labute approximate surface area is 136 Å². The van der Waals surface area contributed by atoms with Crippen LogP contribution in [0.15, 0.2) is 47.8 Å². The van der Waals surface area contributed by atoms with Crippen LogP contribution in [0.1, 0.15) is 0 Å². The average molecular weight is 548 g/mol. The molecule has 0 bridgehead atoms. The lowest BCUT2D eigenvalue weighted by atomic mass is 10.2. The van der Waals surface area contributed by atoms with Crippen molar-refractivity contribution >= 4 is 78.7 Å². The fourth-order valence-electron chi connectivity index (χ4n) is 1.57. The first kappa shape index (κ1) is 13.0. The maximum absolute atomic E-state index is 2.41. The van der Waals surface area contributed by atoms with E-state index >= 15 is 0 Å². The quantitative estimate of drug-likeness (QED) is 0.382. The topological polar surface area (TPSA) is 3.88 Å². The van der Waals surface area contributed by atoms with Crippen LogP contribution in [0.5, 0.6) is 0 Å². The zero-order valence-electron chi connectivity index (χ0n) is 8.33. The van der Waals surface area contributed by atoms with Crippen molar-refractivity contribution < 1.29 is 4.57 Å². The Hall–Kier alpha value is 0.560. The van der Waals surface area contributed by atoms with E-state index in [4.69, 9.17) is 0 Å². The molecule has 0 amide bonds. The van der Waals surface area contributed by atoms with Gasteiger partial charge in [0.1, 0.15) is 0 Å². The molecule has 0 atom stereocenters. The van der Waals surface area contributed by atoms with Gasteiger partial charge in [0, 0.05) is 17.5 Å². The van der Waals surface area contributed by atoms with Gasteiger partial charge in [0.05, 0.1) is 5.17 Å². The molecule has 1 heterocycles. The number of hydrogen-bond acceptors (Lipinski definition) is 0. The Morgan fingerprint density at radius 3 is 2.44 bits per heavy atom. The Morgan fingerprint density at radius 1 is 1.00 bits per heavy atom. The van der Waals surface area contributed by atoms with Crippen molar-refractivity contribution in [2.75, 3.05) is 0 Å². The van der Waals surface area contributed by atoms with Gasteiger partial charge in [-0.05, 0) is 79.9 Å². The van der Waals surface area contributed by atoms with Crippen LogP contribution in [0.2, 0.25) is 0 Å². The number of benzene rings is 1. The van der Waals surface area contributed by atoms with E-state index in [9.17, 15) is 0 Å². The third-order valence-corrected chi connectivity index (χ3v) is 6.55. The molecule has 0 saturated carbocycles. The van der Waals surface area contributed by atoms with Crippen molar-refractivity contribution in [2.24, 2.45) is 0 Å². The normalized spacial score (nSPS) is 10.4. The summed E-state index contributed by atoms with van der Waals surface area (Å²) in [6.07, 6.45) is 2.14. The van der Waals surface area contributed by atoms with E-state index in [1.165, 1.54) is 16.1 Å². The Kier molecular flexibility index (Phi) is 4.83. The molecular formula is C12H9I3N+. The van der Waals surface area contributed by atoms with Crippen LogP contribution in [-0.2, 0) is 6.54 Å². The van der Waals surface area contributed by atoms with Crippen LogP contribution in [-0.4, -0.2) is 0 Å². The van der Waals surface area contributed by atoms with Crippen LogP contribution in [0.25, 0.3) is 10.9 Å². The van der Waals surface area contributed by atoms with Crippen LogP contribution >= 0.6 is 67.8 Å². The molecule has 0 saturated heterocycles. The lowest BCUT2D eigenvalue weighted by Gasteiger charge is -2.00. The van der Waals surface area contributed by atoms with Gasteiger partial charge in [0.2, 0.25) is 5.52 Å². The minimum absolute atomic E-state index is 0.948. The zero-order valence-corrected chi connectivity index (χ0v) is 14.8. The number of pyridine rings is 1. The third kappa shape index (κ3) is 3.06. The summed E-state index contributed by atoms with van der Waals surface area (Å²) in [6.45, 7) is 0.948. The summed E-state index contributed by atoms with van der Waals surface area (Å²) in [5, 5.41) is 1.29. The smallest absolute Gasteiger partial charge is 0.193 e. The number of nitrogens with zero attached hydrogens (tertiary/aromatic N) is 1. The number of halogens is 3. The predicted octanol–water partition coefficient (Wildman–Crippen LogP) is 4.60. The first-order valence-corrected chi connectivity index (χ1v) is 7.99. The minimum atomic E-state index is 0.948. The summed E-state index contributed by atoms with van der Waals surface area (Å²) in [7, 11) is 0. The highest BCUT2D eigenvalue weighted by molar-refractivity contribution is 14.2. The Balaban J connectivity index is 2.49. The second-order valence-corrected chi connectivity index (χ2v) is 8.88. The molecule has 2 aromatic rings. The summed E-state index contributed by atoms with van der Waals surface area (Å²) in [4.78, 5) is 0. The Bertz CT molecular complexity index is 539. The first-order valence-electron chi connectivity index (χ1n) is 4.75. The summed E-state index contributed by atoms with van der Waals surface area (Å²) in [5.74, 6) is 0. The number of allylic oxidation sites excluding steroid dienone is 1. The molecule has 2 rings (SSSR count). The summed E-state index contributed by atoms with van der Waals surface area (Å²) in [5.41, 5.74) is 1.29. The second kappa shape index (κ2) is 5.94. The molecule has 0 unspecified atom stereocenters. The molecule has 4 heteroatoms. The van der Waals surface area contributed by atoms with E-state index in [0.717, 1.165) is 6.54 Å². The maximum atomic E-state index is 2.41. The summed E-state index contributed by atoms with van der Waals surface area (Å²) >= 11 is 7.14. The fourth-order valence-corrected chi connectivity index (χ4v) is 2.28. The van der Waals surface area contributed by atoms with Gasteiger partial charge in [-0.15, -0.1) is 0 Å². The van der Waals surface area contributed by atoms with Crippen molar-refractivity contribution in [2.45, 2.75) is 6.54 Å². The van der Waals surface area contributed by atoms with Crippen LogP contribution < -0.4 is 4.57 Å². The average Bonchev–Trinajstić information content (AvgIpc) is 2.29. The first-order chi connectivity index (χ1) is 7.68. The fraction of sp³-hybridized carbons (Fsp3) is 0.0833. The van der Waals surface area contributed by atoms with Crippen molar-refractivity contribution in [1.82, 2.24) is 0 Å². The highest BCUT2D eigenvalue weighted by Gasteiger charge is 2.10. The second-order valence-electron chi connectivity index (χ2n) is 3.36. The van der Waals surface area contributed by atoms with Crippen LogP contribution in [0, 0.1) is 0 Å². The zero-order chi connectivity index (χ0) is 11.5. The summed E-state index contributed by atoms with van der Waals surface area (Å²) in [6, 6.07) is 12.7. The van der Waals surface area contributed by atoms with E-state index in [-0.39, 0.29) is 0 Å². The molecule has 0 fully saturated rings. The molecule has 1 aromatic heterocycles. The van der Waals surface area contributed by atoms with E-state index in [0.29, 0.717) is 0 Å². The third-order valence-electron chi connectivity index (χ3n) is 2.30. The van der Waals surface area contributed by atoms with Gasteiger partial charge in [-0.3, -0.25) is 0 Å². The maximum Gasteiger partial charge on any atom is 0.212 e. The van der Waals surface area contributed by atoms with Gasteiger partial charge in [-0.1, -0.05) is 12.1 Å². The van der Waals surface area contributed by atoms with Gasteiger partial charge in [0.25, 0.3) is 0 Å². The predicted molar refractivity (Wildman–Crippen MR) is 93.2 cm³/mol. The number of aromatic nitrogens is 1. The van der Waals surface area contributed by atoms with Crippen molar-refractivity contribution in [3.8, 4) is 0 Å². The van der Waals surface area contributed by atoms with Gasteiger partial charge in [-0.25, -0.2) is 0 Å². The molecule has 0 spiro atoms. The lowest BCUT2D eigenvalue weighted by molar-refractivity contribution is -0.661. The molecule has 1 aromatic carbocycles.